The van der Waals surface area contributed by atoms with Gasteiger partial charge in [0.15, 0.2) is 5.75 Å². The molecule has 0 unspecified atom stereocenters. The van der Waals surface area contributed by atoms with E-state index in [1.54, 1.807) is 19.1 Å². The Morgan fingerprint density at radius 3 is 2.21 bits per heavy atom. The van der Waals surface area contributed by atoms with Gasteiger partial charge in [-0.15, -0.1) is 0 Å². The van der Waals surface area contributed by atoms with Crippen LogP contribution < -0.4 is 15.0 Å². The van der Waals surface area contributed by atoms with E-state index in [9.17, 15) is 14.4 Å². The number of hydrogen-bond donors (Lipinski definition) is 1. The molecule has 0 radical (unpaired) electrons. The van der Waals surface area contributed by atoms with E-state index in [1.165, 1.54) is 31.4 Å². The summed E-state index contributed by atoms with van der Waals surface area (Å²) in [6.07, 6.45) is 1.30. The Hall–Kier alpha value is -2.54. The summed E-state index contributed by atoms with van der Waals surface area (Å²) < 4.78 is 5.08. The molecule has 1 aliphatic heterocycles. The van der Waals surface area contributed by atoms with Crippen LogP contribution in [0.15, 0.2) is 35.9 Å². The lowest BCUT2D eigenvalue weighted by molar-refractivity contribution is -0.122. The van der Waals surface area contributed by atoms with Crippen LogP contribution in [0, 0.1) is 6.92 Å². The second kappa shape index (κ2) is 7.83. The molecule has 0 spiro atoms. The summed E-state index contributed by atoms with van der Waals surface area (Å²) in [7, 11) is 1.42. The van der Waals surface area contributed by atoms with Gasteiger partial charge in [0, 0.05) is 5.02 Å². The van der Waals surface area contributed by atoms with Gasteiger partial charge in [0.05, 0.1) is 22.8 Å². The number of barbiturate groups is 1. The zero-order valence-electron chi connectivity index (χ0n) is 14.7. The van der Waals surface area contributed by atoms with Gasteiger partial charge < -0.3 is 4.74 Å². The standard InChI is InChI=1S/C19H13Cl3N2O4/c1-9-3-4-11(8-13(9)20)24-18(26)12(17(25)23-19(24)27)5-10-6-14(21)16(28-2)15(22)7-10/h3-8H,1-2H3,(H,23,25,27)/b12-5-. The smallest absolute Gasteiger partial charge is 0.335 e. The number of carbonyl (C=O) groups excluding carboxylic acids is 3. The Balaban J connectivity index is 2.05. The van der Waals surface area contributed by atoms with Crippen LogP contribution in [-0.2, 0) is 9.59 Å². The topological polar surface area (TPSA) is 75.7 Å². The van der Waals surface area contributed by atoms with E-state index < -0.39 is 17.8 Å². The Kier molecular flexibility index (Phi) is 5.65. The highest BCUT2D eigenvalue weighted by molar-refractivity contribution is 6.40. The molecule has 6 nitrogen and oxygen atoms in total. The first-order chi connectivity index (χ1) is 13.2. The quantitative estimate of drug-likeness (QED) is 0.559. The first kappa shape index (κ1) is 20.2. The van der Waals surface area contributed by atoms with E-state index in [2.05, 4.69) is 5.32 Å². The third-order valence-corrected chi connectivity index (χ3v) is 5.02. The summed E-state index contributed by atoms with van der Waals surface area (Å²) in [6, 6.07) is 6.82. The van der Waals surface area contributed by atoms with Gasteiger partial charge in [0.2, 0.25) is 0 Å². The molecule has 2 aromatic rings. The van der Waals surface area contributed by atoms with Crippen LogP contribution in [0.4, 0.5) is 10.5 Å². The number of aryl methyl sites for hydroxylation is 1. The van der Waals surface area contributed by atoms with E-state index in [-0.39, 0.29) is 27.1 Å². The van der Waals surface area contributed by atoms with Gasteiger partial charge in [-0.05, 0) is 48.4 Å². The lowest BCUT2D eigenvalue weighted by atomic mass is 10.1. The molecule has 1 fully saturated rings. The van der Waals surface area contributed by atoms with Crippen molar-refractivity contribution in [3.05, 3.63) is 62.1 Å². The van der Waals surface area contributed by atoms with Crippen molar-refractivity contribution in [2.75, 3.05) is 12.0 Å². The van der Waals surface area contributed by atoms with Gasteiger partial charge in [-0.1, -0.05) is 40.9 Å². The number of carbonyl (C=O) groups is 3. The fourth-order valence-electron chi connectivity index (χ4n) is 2.64. The number of nitrogens with one attached hydrogen (secondary N) is 1. The predicted octanol–water partition coefficient (Wildman–Crippen LogP) is 4.63. The molecule has 4 amide bonds. The van der Waals surface area contributed by atoms with Crippen LogP contribution in [0.2, 0.25) is 15.1 Å². The maximum absolute atomic E-state index is 12.9. The maximum atomic E-state index is 12.9. The summed E-state index contributed by atoms with van der Waals surface area (Å²) >= 11 is 18.3. The lowest BCUT2D eigenvalue weighted by Gasteiger charge is -2.26. The van der Waals surface area contributed by atoms with Gasteiger partial charge in [-0.3, -0.25) is 14.9 Å². The fourth-order valence-corrected chi connectivity index (χ4v) is 3.47. The van der Waals surface area contributed by atoms with Crippen molar-refractivity contribution in [3.8, 4) is 5.75 Å². The van der Waals surface area contributed by atoms with Crippen LogP contribution >= 0.6 is 34.8 Å². The monoisotopic (exact) mass is 438 g/mol. The molecule has 1 heterocycles. The summed E-state index contributed by atoms with van der Waals surface area (Å²) in [5.74, 6) is -1.35. The number of benzene rings is 2. The molecule has 0 aromatic heterocycles. The van der Waals surface area contributed by atoms with E-state index in [4.69, 9.17) is 39.5 Å². The van der Waals surface area contributed by atoms with E-state index in [0.717, 1.165) is 10.5 Å². The number of rotatable bonds is 3. The Labute approximate surface area is 175 Å². The van der Waals surface area contributed by atoms with Gasteiger partial charge >= 0.3 is 6.03 Å². The molecule has 0 aliphatic carbocycles. The SMILES string of the molecule is COc1c(Cl)cc(/C=C2/C(=O)NC(=O)N(c3ccc(C)c(Cl)c3)C2=O)cc1Cl. The van der Waals surface area contributed by atoms with Crippen molar-refractivity contribution in [3.63, 3.8) is 0 Å². The van der Waals surface area contributed by atoms with Gasteiger partial charge in [-0.2, -0.15) is 0 Å². The van der Waals surface area contributed by atoms with Crippen LogP contribution in [0.1, 0.15) is 11.1 Å². The third kappa shape index (κ3) is 3.71. The molecule has 0 bridgehead atoms. The molecular formula is C19H13Cl3N2O4. The van der Waals surface area contributed by atoms with Gasteiger partial charge in [0.25, 0.3) is 11.8 Å². The number of methoxy groups -OCH3 is 1. The molecule has 3 rings (SSSR count). The first-order valence-corrected chi connectivity index (χ1v) is 9.07. The second-order valence-electron chi connectivity index (χ2n) is 5.91. The summed E-state index contributed by atoms with van der Waals surface area (Å²) in [5.41, 5.74) is 1.16. The van der Waals surface area contributed by atoms with Crippen molar-refractivity contribution in [1.82, 2.24) is 5.32 Å². The van der Waals surface area contributed by atoms with E-state index in [0.29, 0.717) is 10.6 Å². The van der Waals surface area contributed by atoms with E-state index in [1.807, 2.05) is 0 Å². The van der Waals surface area contributed by atoms with Crippen LogP contribution in [-0.4, -0.2) is 25.0 Å². The molecule has 2 aromatic carbocycles. The van der Waals surface area contributed by atoms with Crippen LogP contribution in [0.25, 0.3) is 6.08 Å². The molecular weight excluding hydrogens is 427 g/mol. The zero-order valence-corrected chi connectivity index (χ0v) is 16.9. The van der Waals surface area contributed by atoms with Gasteiger partial charge in [-0.25, -0.2) is 9.69 Å². The van der Waals surface area contributed by atoms with Crippen molar-refractivity contribution in [2.45, 2.75) is 6.92 Å². The van der Waals surface area contributed by atoms with Crippen molar-refractivity contribution in [1.29, 1.82) is 0 Å². The number of urea groups is 1. The second-order valence-corrected chi connectivity index (χ2v) is 7.13. The van der Waals surface area contributed by atoms with Crippen molar-refractivity contribution in [2.24, 2.45) is 0 Å². The molecule has 9 heteroatoms. The number of imide groups is 2. The summed E-state index contributed by atoms with van der Waals surface area (Å²) in [5, 5.41) is 2.95. The lowest BCUT2D eigenvalue weighted by Crippen LogP contribution is -2.54. The highest BCUT2D eigenvalue weighted by Crippen LogP contribution is 2.35. The Bertz CT molecular complexity index is 1030. The number of anilines is 1. The molecule has 1 aliphatic rings. The minimum Gasteiger partial charge on any atom is -0.494 e. The van der Waals surface area contributed by atoms with Crippen LogP contribution in [0.5, 0.6) is 5.75 Å². The Morgan fingerprint density at radius 2 is 1.64 bits per heavy atom. The number of halogens is 3. The Morgan fingerprint density at radius 1 is 1.00 bits per heavy atom. The summed E-state index contributed by atoms with van der Waals surface area (Å²) in [6.45, 7) is 1.79. The number of amides is 4. The maximum Gasteiger partial charge on any atom is 0.335 e. The fraction of sp³-hybridized carbons (Fsp3) is 0.105. The average Bonchev–Trinajstić information content (AvgIpc) is 2.61. The molecule has 28 heavy (non-hydrogen) atoms. The van der Waals surface area contributed by atoms with Crippen molar-refractivity contribution >= 4 is 64.4 Å². The molecule has 0 atom stereocenters. The number of nitrogens with zero attached hydrogens (tertiary/aromatic N) is 1. The molecule has 1 N–H and O–H groups in total. The highest BCUT2D eigenvalue weighted by atomic mass is 35.5. The summed E-state index contributed by atoms with van der Waals surface area (Å²) in [4.78, 5) is 38.2. The molecule has 0 saturated carbocycles. The average molecular weight is 440 g/mol. The molecule has 1 saturated heterocycles. The van der Waals surface area contributed by atoms with E-state index >= 15 is 0 Å². The normalized spacial score (nSPS) is 15.8. The number of ether oxygens (including phenoxy) is 1. The molecule has 144 valence electrons. The number of hydrogen-bond acceptors (Lipinski definition) is 4. The third-order valence-electron chi connectivity index (χ3n) is 4.05. The minimum absolute atomic E-state index is 0.212. The van der Waals surface area contributed by atoms with Gasteiger partial charge in [0.1, 0.15) is 5.57 Å². The predicted molar refractivity (Wildman–Crippen MR) is 108 cm³/mol. The minimum atomic E-state index is -0.863. The van der Waals surface area contributed by atoms with Crippen molar-refractivity contribution < 1.29 is 19.1 Å². The largest absolute Gasteiger partial charge is 0.494 e. The highest BCUT2D eigenvalue weighted by Gasteiger charge is 2.37. The zero-order chi connectivity index (χ0) is 20.6. The van der Waals surface area contributed by atoms with Crippen LogP contribution in [0.3, 0.4) is 0 Å². The first-order valence-electron chi connectivity index (χ1n) is 7.93.